The van der Waals surface area contributed by atoms with Gasteiger partial charge in [-0.25, -0.2) is 0 Å². The van der Waals surface area contributed by atoms with Crippen LogP contribution in [0.25, 0.3) is 10.4 Å². The van der Waals surface area contributed by atoms with Crippen molar-refractivity contribution in [3.8, 4) is 10.4 Å². The third kappa shape index (κ3) is 4.27. The van der Waals surface area contributed by atoms with E-state index >= 15 is 0 Å². The number of morpholine rings is 1. The number of hydrogen-bond donors (Lipinski definition) is 1. The van der Waals surface area contributed by atoms with Crippen molar-refractivity contribution in [3.63, 3.8) is 0 Å². The van der Waals surface area contributed by atoms with E-state index in [0.29, 0.717) is 42.4 Å². The molecule has 1 aromatic heterocycles. The lowest BCUT2D eigenvalue weighted by Crippen LogP contribution is -2.41. The van der Waals surface area contributed by atoms with Crippen LogP contribution in [0.15, 0.2) is 48.5 Å². The van der Waals surface area contributed by atoms with Crippen LogP contribution in [0, 0.1) is 20.8 Å². The van der Waals surface area contributed by atoms with Gasteiger partial charge in [0.1, 0.15) is 5.00 Å². The Morgan fingerprint density at radius 3 is 2.35 bits per heavy atom. The van der Waals surface area contributed by atoms with Gasteiger partial charge >= 0.3 is 0 Å². The zero-order chi connectivity index (χ0) is 22.0. The number of carbonyl (C=O) groups is 2. The first-order valence-electron chi connectivity index (χ1n) is 10.4. The standard InChI is InChI=1S/C25H26N2O3S/c1-16-8-7-11-20(17(16)2)23(28)26-24-21(25(29)27-12-14-30-15-13-27)18(3)22(31-24)19-9-5-4-6-10-19/h4-11H,12-15H2,1-3H3,(H,26,28). The van der Waals surface area contributed by atoms with Crippen molar-refractivity contribution in [2.24, 2.45) is 0 Å². The summed E-state index contributed by atoms with van der Waals surface area (Å²) in [5, 5.41) is 3.64. The molecule has 1 saturated heterocycles. The highest BCUT2D eigenvalue weighted by Gasteiger charge is 2.28. The van der Waals surface area contributed by atoms with Gasteiger partial charge in [0.2, 0.25) is 0 Å². The minimum absolute atomic E-state index is 0.0597. The van der Waals surface area contributed by atoms with Crippen molar-refractivity contribution >= 4 is 28.2 Å². The maximum Gasteiger partial charge on any atom is 0.257 e. The average molecular weight is 435 g/mol. The molecule has 6 heteroatoms. The second kappa shape index (κ2) is 9.04. The van der Waals surface area contributed by atoms with Crippen LogP contribution < -0.4 is 5.32 Å². The quantitative estimate of drug-likeness (QED) is 0.624. The molecule has 0 spiro atoms. The number of ether oxygens (including phenoxy) is 1. The molecule has 2 heterocycles. The predicted molar refractivity (Wildman–Crippen MR) is 125 cm³/mol. The summed E-state index contributed by atoms with van der Waals surface area (Å²) < 4.78 is 5.41. The number of rotatable bonds is 4. The molecule has 2 aromatic carbocycles. The summed E-state index contributed by atoms with van der Waals surface area (Å²) in [6.07, 6.45) is 0. The SMILES string of the molecule is Cc1cccc(C(=O)Nc2sc(-c3ccccc3)c(C)c2C(=O)N2CCOCC2)c1C. The summed E-state index contributed by atoms with van der Waals surface area (Å²) in [7, 11) is 0. The van der Waals surface area contributed by atoms with Crippen LogP contribution >= 0.6 is 11.3 Å². The fraction of sp³-hybridized carbons (Fsp3) is 0.280. The number of carbonyl (C=O) groups excluding carboxylic acids is 2. The van der Waals surface area contributed by atoms with Crippen LogP contribution in [0.3, 0.4) is 0 Å². The van der Waals surface area contributed by atoms with Crippen molar-refractivity contribution in [1.82, 2.24) is 4.90 Å². The highest BCUT2D eigenvalue weighted by molar-refractivity contribution is 7.20. The largest absolute Gasteiger partial charge is 0.378 e. The average Bonchev–Trinajstić information content (AvgIpc) is 3.11. The van der Waals surface area contributed by atoms with E-state index in [2.05, 4.69) is 5.32 Å². The van der Waals surface area contributed by atoms with Crippen LogP contribution in [-0.2, 0) is 4.74 Å². The molecule has 1 N–H and O–H groups in total. The van der Waals surface area contributed by atoms with Crippen LogP contribution in [0.4, 0.5) is 5.00 Å². The van der Waals surface area contributed by atoms with Crippen molar-refractivity contribution in [2.45, 2.75) is 20.8 Å². The Bertz CT molecular complexity index is 1120. The molecule has 0 radical (unpaired) electrons. The van der Waals surface area contributed by atoms with E-state index in [1.165, 1.54) is 11.3 Å². The molecule has 3 aromatic rings. The second-order valence-corrected chi connectivity index (χ2v) is 8.75. The van der Waals surface area contributed by atoms with Gasteiger partial charge in [-0.15, -0.1) is 11.3 Å². The molecular formula is C25H26N2O3S. The number of benzene rings is 2. The Labute approximate surface area is 186 Å². The minimum Gasteiger partial charge on any atom is -0.378 e. The van der Waals surface area contributed by atoms with Gasteiger partial charge in [-0.05, 0) is 49.1 Å². The van der Waals surface area contributed by atoms with Gasteiger partial charge in [-0.3, -0.25) is 9.59 Å². The number of aryl methyl sites for hydroxylation is 1. The zero-order valence-corrected chi connectivity index (χ0v) is 18.8. The number of amides is 2. The molecule has 0 bridgehead atoms. The molecule has 4 rings (SSSR count). The first kappa shape index (κ1) is 21.3. The summed E-state index contributed by atoms with van der Waals surface area (Å²) >= 11 is 1.45. The van der Waals surface area contributed by atoms with Crippen molar-refractivity contribution in [1.29, 1.82) is 0 Å². The summed E-state index contributed by atoms with van der Waals surface area (Å²) in [4.78, 5) is 29.4. The van der Waals surface area contributed by atoms with Gasteiger partial charge in [0.05, 0.1) is 18.8 Å². The van der Waals surface area contributed by atoms with E-state index in [9.17, 15) is 9.59 Å². The molecule has 2 amide bonds. The predicted octanol–water partition coefficient (Wildman–Crippen LogP) is 5.07. The maximum absolute atomic E-state index is 13.5. The van der Waals surface area contributed by atoms with Crippen molar-refractivity contribution < 1.29 is 14.3 Å². The monoisotopic (exact) mass is 434 g/mol. The van der Waals surface area contributed by atoms with Gasteiger partial charge < -0.3 is 15.0 Å². The summed E-state index contributed by atoms with van der Waals surface area (Å²) in [6, 6.07) is 15.7. The van der Waals surface area contributed by atoms with Gasteiger partial charge in [0.15, 0.2) is 0 Å². The topological polar surface area (TPSA) is 58.6 Å². The Kier molecular flexibility index (Phi) is 6.20. The Balaban J connectivity index is 1.75. The minimum atomic E-state index is -0.196. The fourth-order valence-electron chi connectivity index (χ4n) is 3.82. The zero-order valence-electron chi connectivity index (χ0n) is 18.0. The van der Waals surface area contributed by atoms with Gasteiger partial charge in [-0.2, -0.15) is 0 Å². The molecule has 1 aliphatic heterocycles. The molecule has 0 saturated carbocycles. The number of anilines is 1. The third-order valence-electron chi connectivity index (χ3n) is 5.77. The van der Waals surface area contributed by atoms with E-state index in [0.717, 1.165) is 27.1 Å². The van der Waals surface area contributed by atoms with E-state index in [1.807, 2.05) is 69.3 Å². The summed E-state index contributed by atoms with van der Waals surface area (Å²) in [5.74, 6) is -0.256. The molecule has 0 unspecified atom stereocenters. The Hall–Kier alpha value is -2.96. The van der Waals surface area contributed by atoms with Crippen molar-refractivity contribution in [2.75, 3.05) is 31.6 Å². The molecule has 0 atom stereocenters. The number of thiophene rings is 1. The lowest BCUT2D eigenvalue weighted by molar-refractivity contribution is 0.0303. The molecule has 1 aliphatic rings. The lowest BCUT2D eigenvalue weighted by atomic mass is 10.0. The van der Waals surface area contributed by atoms with Crippen LogP contribution in [-0.4, -0.2) is 43.0 Å². The molecular weight excluding hydrogens is 408 g/mol. The van der Waals surface area contributed by atoms with E-state index in [4.69, 9.17) is 4.74 Å². The first-order valence-corrected chi connectivity index (χ1v) is 11.2. The molecule has 31 heavy (non-hydrogen) atoms. The number of nitrogens with zero attached hydrogens (tertiary/aromatic N) is 1. The molecule has 160 valence electrons. The summed E-state index contributed by atoms with van der Waals surface area (Å²) in [5.41, 5.74) is 5.13. The second-order valence-electron chi connectivity index (χ2n) is 7.73. The van der Waals surface area contributed by atoms with Gasteiger partial charge in [0.25, 0.3) is 11.8 Å². The van der Waals surface area contributed by atoms with E-state index < -0.39 is 0 Å². The van der Waals surface area contributed by atoms with Crippen LogP contribution in [0.1, 0.15) is 37.4 Å². The van der Waals surface area contributed by atoms with E-state index in [-0.39, 0.29) is 11.8 Å². The molecule has 5 nitrogen and oxygen atoms in total. The van der Waals surface area contributed by atoms with Crippen LogP contribution in [0.5, 0.6) is 0 Å². The van der Waals surface area contributed by atoms with Gasteiger partial charge in [0, 0.05) is 23.5 Å². The number of hydrogen-bond acceptors (Lipinski definition) is 4. The highest BCUT2D eigenvalue weighted by atomic mass is 32.1. The molecule has 1 fully saturated rings. The first-order chi connectivity index (χ1) is 15.0. The van der Waals surface area contributed by atoms with E-state index in [1.54, 1.807) is 4.90 Å². The maximum atomic E-state index is 13.5. The Morgan fingerprint density at radius 1 is 0.935 bits per heavy atom. The third-order valence-corrected chi connectivity index (χ3v) is 7.03. The van der Waals surface area contributed by atoms with Crippen LogP contribution in [0.2, 0.25) is 0 Å². The lowest BCUT2D eigenvalue weighted by Gasteiger charge is -2.27. The Morgan fingerprint density at radius 2 is 1.65 bits per heavy atom. The molecule has 0 aliphatic carbocycles. The number of nitrogens with one attached hydrogen (secondary N) is 1. The summed E-state index contributed by atoms with van der Waals surface area (Å²) in [6.45, 7) is 8.06. The highest BCUT2D eigenvalue weighted by Crippen LogP contribution is 2.40. The van der Waals surface area contributed by atoms with Crippen molar-refractivity contribution in [3.05, 3.63) is 76.3 Å². The smallest absolute Gasteiger partial charge is 0.257 e. The normalized spacial score (nSPS) is 13.8. The van der Waals surface area contributed by atoms with Gasteiger partial charge in [-0.1, -0.05) is 42.5 Å². The fourth-order valence-corrected chi connectivity index (χ4v) is 5.02.